The van der Waals surface area contributed by atoms with Crippen molar-refractivity contribution in [1.29, 1.82) is 0 Å². The molecule has 3 rings (SSSR count). The quantitative estimate of drug-likeness (QED) is 0.837. The van der Waals surface area contributed by atoms with E-state index in [1.54, 1.807) is 0 Å². The van der Waals surface area contributed by atoms with Crippen molar-refractivity contribution in [3.8, 4) is 5.75 Å². The van der Waals surface area contributed by atoms with Crippen LogP contribution in [0.4, 0.5) is 0 Å². The number of ether oxygens (including phenoxy) is 1. The van der Waals surface area contributed by atoms with Gasteiger partial charge in [-0.05, 0) is 25.5 Å². The van der Waals surface area contributed by atoms with Gasteiger partial charge in [0.1, 0.15) is 11.9 Å². The molecule has 98 valence electrons. The molecule has 19 heavy (non-hydrogen) atoms. The van der Waals surface area contributed by atoms with Crippen LogP contribution in [0.25, 0.3) is 0 Å². The lowest BCUT2D eigenvalue weighted by atomic mass is 9.93. The lowest BCUT2D eigenvalue weighted by Crippen LogP contribution is -2.19. The minimum absolute atomic E-state index is 0.0662. The number of benzene rings is 2. The second kappa shape index (κ2) is 4.71. The molecule has 2 heteroatoms. The number of hydrogen-bond donors (Lipinski definition) is 1. The average molecular weight is 254 g/mol. The number of aliphatic hydroxyl groups excluding tert-OH is 1. The predicted octanol–water partition coefficient (Wildman–Crippen LogP) is 3.86. The number of hydrogen-bond acceptors (Lipinski definition) is 2. The summed E-state index contributed by atoms with van der Waals surface area (Å²) in [5, 5.41) is 10.3. The van der Waals surface area contributed by atoms with Crippen LogP contribution in [0.15, 0.2) is 42.5 Å². The summed E-state index contributed by atoms with van der Waals surface area (Å²) in [6, 6.07) is 14.1. The molecule has 0 radical (unpaired) electrons. The van der Waals surface area contributed by atoms with Crippen molar-refractivity contribution in [2.45, 2.75) is 32.5 Å². The zero-order valence-electron chi connectivity index (χ0n) is 11.3. The molecule has 0 fully saturated rings. The summed E-state index contributed by atoms with van der Waals surface area (Å²) in [5.41, 5.74) is 4.49. The third-order valence-electron chi connectivity index (χ3n) is 3.60. The maximum atomic E-state index is 10.3. The molecule has 2 aromatic rings. The second-order valence-corrected chi connectivity index (χ2v) is 5.32. The molecule has 0 spiro atoms. The first-order valence-electron chi connectivity index (χ1n) is 6.65. The fourth-order valence-electron chi connectivity index (χ4n) is 2.79. The van der Waals surface area contributed by atoms with Crippen LogP contribution in [-0.2, 0) is 0 Å². The first kappa shape index (κ1) is 12.2. The lowest BCUT2D eigenvalue weighted by Gasteiger charge is -2.30. The molecule has 2 nitrogen and oxygen atoms in total. The van der Waals surface area contributed by atoms with Crippen LogP contribution in [0.2, 0.25) is 0 Å². The monoisotopic (exact) mass is 254 g/mol. The smallest absolute Gasteiger partial charge is 0.127 e. The molecule has 1 aliphatic rings. The maximum Gasteiger partial charge on any atom is 0.127 e. The van der Waals surface area contributed by atoms with Crippen LogP contribution in [-0.4, -0.2) is 5.11 Å². The van der Waals surface area contributed by atoms with Gasteiger partial charge in [0.2, 0.25) is 0 Å². The Morgan fingerprint density at radius 1 is 1.05 bits per heavy atom. The van der Waals surface area contributed by atoms with Crippen molar-refractivity contribution >= 4 is 0 Å². The SMILES string of the molecule is Cc1cc(C)cc(C2CC(O)c3ccccc3O2)c1. The van der Waals surface area contributed by atoms with E-state index in [4.69, 9.17) is 4.74 Å². The van der Waals surface area contributed by atoms with Crippen LogP contribution in [0.1, 0.15) is 40.9 Å². The van der Waals surface area contributed by atoms with Crippen LogP contribution in [0, 0.1) is 13.8 Å². The van der Waals surface area contributed by atoms with Gasteiger partial charge in [-0.1, -0.05) is 47.5 Å². The highest BCUT2D eigenvalue weighted by Gasteiger charge is 2.27. The fourth-order valence-corrected chi connectivity index (χ4v) is 2.79. The van der Waals surface area contributed by atoms with Crippen molar-refractivity contribution < 1.29 is 9.84 Å². The van der Waals surface area contributed by atoms with Crippen molar-refractivity contribution in [3.05, 3.63) is 64.7 Å². The Balaban J connectivity index is 1.96. The topological polar surface area (TPSA) is 29.5 Å². The van der Waals surface area contributed by atoms with Gasteiger partial charge in [-0.2, -0.15) is 0 Å². The van der Waals surface area contributed by atoms with Gasteiger partial charge in [0.15, 0.2) is 0 Å². The first-order chi connectivity index (χ1) is 9.13. The lowest BCUT2D eigenvalue weighted by molar-refractivity contribution is 0.0657. The molecule has 0 aliphatic carbocycles. The molecule has 2 atom stereocenters. The van der Waals surface area contributed by atoms with E-state index in [9.17, 15) is 5.11 Å². The van der Waals surface area contributed by atoms with Crippen LogP contribution >= 0.6 is 0 Å². The highest BCUT2D eigenvalue weighted by Crippen LogP contribution is 2.40. The summed E-state index contributed by atoms with van der Waals surface area (Å²) < 4.78 is 6.04. The van der Waals surface area contributed by atoms with Gasteiger partial charge in [-0.25, -0.2) is 0 Å². The van der Waals surface area contributed by atoms with E-state index < -0.39 is 6.10 Å². The summed E-state index contributed by atoms with van der Waals surface area (Å²) in [4.78, 5) is 0. The average Bonchev–Trinajstić information content (AvgIpc) is 2.37. The van der Waals surface area contributed by atoms with Gasteiger partial charge >= 0.3 is 0 Å². The van der Waals surface area contributed by atoms with E-state index >= 15 is 0 Å². The molecular formula is C17H18O2. The van der Waals surface area contributed by atoms with E-state index in [0.29, 0.717) is 6.42 Å². The van der Waals surface area contributed by atoms with Gasteiger partial charge in [-0.3, -0.25) is 0 Å². The second-order valence-electron chi connectivity index (χ2n) is 5.32. The number of rotatable bonds is 1. The Bertz CT molecular complexity index is 584. The molecule has 0 saturated heterocycles. The number of aliphatic hydroxyl groups is 1. The van der Waals surface area contributed by atoms with Crippen LogP contribution in [0.5, 0.6) is 5.75 Å². The zero-order chi connectivity index (χ0) is 13.4. The predicted molar refractivity (Wildman–Crippen MR) is 75.3 cm³/mol. The minimum atomic E-state index is -0.448. The molecule has 2 aromatic carbocycles. The van der Waals surface area contributed by atoms with E-state index in [2.05, 4.69) is 32.0 Å². The van der Waals surface area contributed by atoms with Gasteiger partial charge in [-0.15, -0.1) is 0 Å². The molecule has 1 aliphatic heterocycles. The highest BCUT2D eigenvalue weighted by molar-refractivity contribution is 5.39. The molecule has 1 N–H and O–H groups in total. The van der Waals surface area contributed by atoms with Gasteiger partial charge in [0.25, 0.3) is 0 Å². The van der Waals surface area contributed by atoms with Gasteiger partial charge in [0, 0.05) is 12.0 Å². The Morgan fingerprint density at radius 3 is 2.47 bits per heavy atom. The number of para-hydroxylation sites is 1. The molecular weight excluding hydrogens is 236 g/mol. The standard InChI is InChI=1S/C17H18O2/c1-11-7-12(2)9-13(8-11)17-10-15(18)14-5-3-4-6-16(14)19-17/h3-9,15,17-18H,10H2,1-2H3. The molecule has 2 unspecified atom stereocenters. The molecule has 0 aromatic heterocycles. The van der Waals surface area contributed by atoms with Crippen molar-refractivity contribution in [2.24, 2.45) is 0 Å². The third-order valence-corrected chi connectivity index (χ3v) is 3.60. The van der Waals surface area contributed by atoms with Gasteiger partial charge < -0.3 is 9.84 Å². The summed E-state index contributed by atoms with van der Waals surface area (Å²) in [5.74, 6) is 0.797. The molecule has 1 heterocycles. The number of aryl methyl sites for hydroxylation is 2. The summed E-state index contributed by atoms with van der Waals surface area (Å²) in [6.07, 6.45) is 0.0965. The van der Waals surface area contributed by atoms with E-state index in [-0.39, 0.29) is 6.10 Å². The van der Waals surface area contributed by atoms with E-state index in [1.165, 1.54) is 11.1 Å². The number of fused-ring (bicyclic) bond motifs is 1. The normalized spacial score (nSPS) is 21.6. The first-order valence-corrected chi connectivity index (χ1v) is 6.65. The summed E-state index contributed by atoms with van der Waals surface area (Å²) in [7, 11) is 0. The molecule has 0 saturated carbocycles. The van der Waals surface area contributed by atoms with Gasteiger partial charge in [0.05, 0.1) is 6.10 Å². The van der Waals surface area contributed by atoms with Crippen molar-refractivity contribution in [1.82, 2.24) is 0 Å². The van der Waals surface area contributed by atoms with Crippen molar-refractivity contribution in [3.63, 3.8) is 0 Å². The minimum Gasteiger partial charge on any atom is -0.485 e. The zero-order valence-corrected chi connectivity index (χ0v) is 11.3. The van der Waals surface area contributed by atoms with E-state index in [1.807, 2.05) is 24.3 Å². The summed E-state index contributed by atoms with van der Waals surface area (Å²) in [6.45, 7) is 4.17. The maximum absolute atomic E-state index is 10.3. The fraction of sp³-hybridized carbons (Fsp3) is 0.294. The Labute approximate surface area is 113 Å². The summed E-state index contributed by atoms with van der Waals surface area (Å²) >= 11 is 0. The van der Waals surface area contributed by atoms with E-state index in [0.717, 1.165) is 16.9 Å². The van der Waals surface area contributed by atoms with Crippen molar-refractivity contribution in [2.75, 3.05) is 0 Å². The third kappa shape index (κ3) is 2.36. The van der Waals surface area contributed by atoms with Crippen LogP contribution < -0.4 is 4.74 Å². The Hall–Kier alpha value is -1.80. The van der Waals surface area contributed by atoms with Crippen LogP contribution in [0.3, 0.4) is 0 Å². The molecule has 0 bridgehead atoms. The highest BCUT2D eigenvalue weighted by atomic mass is 16.5. The Kier molecular flexibility index (Phi) is 3.03. The largest absolute Gasteiger partial charge is 0.485 e. The molecule has 0 amide bonds. The Morgan fingerprint density at radius 2 is 1.74 bits per heavy atom.